The normalized spacial score (nSPS) is 16.4. The van der Waals surface area contributed by atoms with Crippen LogP contribution in [0.4, 0.5) is 0 Å². The standard InChI is InChI=1S/C11H20N4O2S/c1-9(2)18(16,17)6-5-15-11(13-8-14-15)7-12-10-3-4-10/h8-10,12H,3-7H2,1-2H3. The Hall–Kier alpha value is -0.950. The molecular formula is C11H20N4O2S. The topological polar surface area (TPSA) is 76.9 Å². The fourth-order valence-corrected chi connectivity index (χ4v) is 2.48. The molecule has 1 aliphatic carbocycles. The van der Waals surface area contributed by atoms with Crippen molar-refractivity contribution in [2.45, 2.75) is 51.1 Å². The van der Waals surface area contributed by atoms with Gasteiger partial charge in [0.2, 0.25) is 0 Å². The number of aromatic nitrogens is 3. The Labute approximate surface area is 108 Å². The summed E-state index contributed by atoms with van der Waals surface area (Å²) in [7, 11) is -3.02. The van der Waals surface area contributed by atoms with Crippen molar-refractivity contribution < 1.29 is 8.42 Å². The van der Waals surface area contributed by atoms with Crippen LogP contribution in [0.2, 0.25) is 0 Å². The van der Waals surface area contributed by atoms with Crippen LogP contribution in [0.1, 0.15) is 32.5 Å². The lowest BCUT2D eigenvalue weighted by Crippen LogP contribution is -2.24. The van der Waals surface area contributed by atoms with Crippen LogP contribution < -0.4 is 5.32 Å². The highest BCUT2D eigenvalue weighted by atomic mass is 32.2. The second-order valence-electron chi connectivity index (χ2n) is 4.97. The fourth-order valence-electron chi connectivity index (χ4n) is 1.58. The van der Waals surface area contributed by atoms with E-state index in [0.29, 0.717) is 19.1 Å². The highest BCUT2D eigenvalue weighted by Gasteiger charge is 2.21. The Bertz CT molecular complexity index is 491. The van der Waals surface area contributed by atoms with Crippen LogP contribution >= 0.6 is 0 Å². The fraction of sp³-hybridized carbons (Fsp3) is 0.818. The largest absolute Gasteiger partial charge is 0.307 e. The average molecular weight is 272 g/mol. The summed E-state index contributed by atoms with van der Waals surface area (Å²) in [6.45, 7) is 4.44. The molecule has 6 nitrogen and oxygen atoms in total. The van der Waals surface area contributed by atoms with E-state index in [1.807, 2.05) is 0 Å². The molecule has 0 aromatic carbocycles. The predicted molar refractivity (Wildman–Crippen MR) is 68.8 cm³/mol. The molecule has 1 aliphatic rings. The number of sulfone groups is 1. The molecule has 0 radical (unpaired) electrons. The number of rotatable bonds is 7. The van der Waals surface area contributed by atoms with Crippen LogP contribution in [-0.2, 0) is 22.9 Å². The van der Waals surface area contributed by atoms with E-state index in [1.54, 1.807) is 18.5 Å². The van der Waals surface area contributed by atoms with Crippen molar-refractivity contribution in [1.82, 2.24) is 20.1 Å². The zero-order valence-electron chi connectivity index (χ0n) is 10.8. The molecule has 0 unspecified atom stereocenters. The van der Waals surface area contributed by atoms with Gasteiger partial charge in [-0.25, -0.2) is 18.1 Å². The summed E-state index contributed by atoms with van der Waals surface area (Å²) >= 11 is 0. The maximum atomic E-state index is 11.7. The molecule has 2 rings (SSSR count). The second kappa shape index (κ2) is 5.36. The van der Waals surface area contributed by atoms with Gasteiger partial charge in [-0.1, -0.05) is 0 Å². The summed E-state index contributed by atoms with van der Waals surface area (Å²) in [5.74, 6) is 0.922. The smallest absolute Gasteiger partial charge is 0.154 e. The molecule has 0 saturated heterocycles. The minimum absolute atomic E-state index is 0.116. The highest BCUT2D eigenvalue weighted by molar-refractivity contribution is 7.91. The van der Waals surface area contributed by atoms with Gasteiger partial charge in [-0.15, -0.1) is 0 Å². The van der Waals surface area contributed by atoms with Crippen LogP contribution in [0.15, 0.2) is 6.33 Å². The van der Waals surface area contributed by atoms with Gasteiger partial charge in [0, 0.05) is 6.04 Å². The first-order valence-electron chi connectivity index (χ1n) is 6.30. The van der Waals surface area contributed by atoms with Gasteiger partial charge < -0.3 is 5.32 Å². The maximum Gasteiger partial charge on any atom is 0.154 e. The number of hydrogen-bond acceptors (Lipinski definition) is 5. The van der Waals surface area contributed by atoms with E-state index in [9.17, 15) is 8.42 Å². The summed E-state index contributed by atoms with van der Waals surface area (Å²) in [4.78, 5) is 4.16. The molecule has 0 amide bonds. The quantitative estimate of drug-likeness (QED) is 0.775. The summed E-state index contributed by atoms with van der Waals surface area (Å²) in [5, 5.41) is 7.09. The molecule has 1 aromatic heterocycles. The Kier molecular flexibility index (Phi) is 4.01. The Morgan fingerprint density at radius 3 is 2.83 bits per heavy atom. The van der Waals surface area contributed by atoms with Crippen molar-refractivity contribution in [2.24, 2.45) is 0 Å². The molecule has 0 aliphatic heterocycles. The monoisotopic (exact) mass is 272 g/mol. The molecule has 0 atom stereocenters. The molecule has 1 saturated carbocycles. The van der Waals surface area contributed by atoms with Gasteiger partial charge in [0.05, 0.1) is 24.1 Å². The predicted octanol–water partition coefficient (Wildman–Crippen LogP) is 0.353. The minimum atomic E-state index is -3.02. The lowest BCUT2D eigenvalue weighted by atomic mass is 10.5. The van der Waals surface area contributed by atoms with Crippen LogP contribution in [0, 0.1) is 0 Å². The van der Waals surface area contributed by atoms with Crippen LogP contribution in [-0.4, -0.2) is 40.2 Å². The van der Waals surface area contributed by atoms with Crippen molar-refractivity contribution in [2.75, 3.05) is 5.75 Å². The van der Waals surface area contributed by atoms with Gasteiger partial charge in [-0.3, -0.25) is 0 Å². The first-order chi connectivity index (χ1) is 8.49. The van der Waals surface area contributed by atoms with Gasteiger partial charge in [0.1, 0.15) is 12.2 Å². The molecule has 1 fully saturated rings. The van der Waals surface area contributed by atoms with Crippen LogP contribution in [0.25, 0.3) is 0 Å². The van der Waals surface area contributed by atoms with Crippen LogP contribution in [0.5, 0.6) is 0 Å². The van der Waals surface area contributed by atoms with Gasteiger partial charge >= 0.3 is 0 Å². The van der Waals surface area contributed by atoms with Crippen molar-refractivity contribution in [3.63, 3.8) is 0 Å². The molecule has 1 heterocycles. The first-order valence-corrected chi connectivity index (χ1v) is 8.02. The minimum Gasteiger partial charge on any atom is -0.307 e. The number of aryl methyl sites for hydroxylation is 1. The third-order valence-electron chi connectivity index (χ3n) is 3.13. The van der Waals surface area contributed by atoms with Gasteiger partial charge in [0.15, 0.2) is 9.84 Å². The third-order valence-corrected chi connectivity index (χ3v) is 5.32. The van der Waals surface area contributed by atoms with Crippen molar-refractivity contribution in [3.8, 4) is 0 Å². The van der Waals surface area contributed by atoms with E-state index in [1.165, 1.54) is 19.2 Å². The zero-order valence-corrected chi connectivity index (χ0v) is 11.7. The van der Waals surface area contributed by atoms with Crippen molar-refractivity contribution in [3.05, 3.63) is 12.2 Å². The molecule has 18 heavy (non-hydrogen) atoms. The number of nitrogens with zero attached hydrogens (tertiary/aromatic N) is 3. The Balaban J connectivity index is 1.90. The van der Waals surface area contributed by atoms with Gasteiger partial charge in [-0.05, 0) is 26.7 Å². The molecule has 7 heteroatoms. The van der Waals surface area contributed by atoms with E-state index in [-0.39, 0.29) is 11.0 Å². The van der Waals surface area contributed by atoms with Crippen molar-refractivity contribution >= 4 is 9.84 Å². The molecule has 1 N–H and O–H groups in total. The molecular weight excluding hydrogens is 252 g/mol. The Morgan fingerprint density at radius 1 is 1.50 bits per heavy atom. The molecule has 102 valence electrons. The average Bonchev–Trinajstić information content (AvgIpc) is 3.03. The lowest BCUT2D eigenvalue weighted by molar-refractivity contribution is 0.551. The summed E-state index contributed by atoms with van der Waals surface area (Å²) in [6, 6.07) is 0.606. The van der Waals surface area contributed by atoms with Crippen molar-refractivity contribution in [1.29, 1.82) is 0 Å². The van der Waals surface area contributed by atoms with E-state index in [4.69, 9.17) is 0 Å². The van der Waals surface area contributed by atoms with Gasteiger partial charge in [0.25, 0.3) is 0 Å². The van der Waals surface area contributed by atoms with Crippen LogP contribution in [0.3, 0.4) is 0 Å². The number of hydrogen-bond donors (Lipinski definition) is 1. The summed E-state index contributed by atoms with van der Waals surface area (Å²) in [6.07, 6.45) is 3.91. The molecule has 0 bridgehead atoms. The third kappa shape index (κ3) is 3.52. The first kappa shape index (κ1) is 13.5. The maximum absolute atomic E-state index is 11.7. The SMILES string of the molecule is CC(C)S(=O)(=O)CCn1ncnc1CNC1CC1. The van der Waals surface area contributed by atoms with E-state index >= 15 is 0 Å². The van der Waals surface area contributed by atoms with E-state index in [0.717, 1.165) is 5.82 Å². The summed E-state index contributed by atoms with van der Waals surface area (Å²) < 4.78 is 25.1. The molecule has 0 spiro atoms. The lowest BCUT2D eigenvalue weighted by Gasteiger charge is -2.09. The number of nitrogens with one attached hydrogen (secondary N) is 1. The summed E-state index contributed by atoms with van der Waals surface area (Å²) in [5.41, 5.74) is 0. The highest BCUT2D eigenvalue weighted by Crippen LogP contribution is 2.18. The van der Waals surface area contributed by atoms with E-state index in [2.05, 4.69) is 15.4 Å². The molecule has 1 aromatic rings. The zero-order chi connectivity index (χ0) is 13.2. The Morgan fingerprint density at radius 2 is 2.22 bits per heavy atom. The van der Waals surface area contributed by atoms with Gasteiger partial charge in [-0.2, -0.15) is 5.10 Å². The van der Waals surface area contributed by atoms with E-state index < -0.39 is 9.84 Å². The second-order valence-corrected chi connectivity index (χ2v) is 7.65.